The summed E-state index contributed by atoms with van der Waals surface area (Å²) in [4.78, 5) is 4.26. The quantitative estimate of drug-likeness (QED) is 0.851. The first kappa shape index (κ1) is 11.8. The number of nitrogens with one attached hydrogen (secondary N) is 1. The number of aryl methyl sites for hydroxylation is 1. The van der Waals surface area contributed by atoms with Gasteiger partial charge in [-0.05, 0) is 40.9 Å². The molecule has 0 radical (unpaired) electrons. The number of hydrogen-bond acceptors (Lipinski definition) is 2. The van der Waals surface area contributed by atoms with Gasteiger partial charge in [-0.1, -0.05) is 6.92 Å². The third-order valence-electron chi connectivity index (χ3n) is 2.10. The van der Waals surface area contributed by atoms with E-state index < -0.39 is 0 Å². The van der Waals surface area contributed by atoms with Crippen molar-refractivity contribution in [2.24, 2.45) is 0 Å². The summed E-state index contributed by atoms with van der Waals surface area (Å²) in [6, 6.07) is 2.25. The molecule has 2 nitrogen and oxygen atoms in total. The van der Waals surface area contributed by atoms with E-state index in [2.05, 4.69) is 33.2 Å². The van der Waals surface area contributed by atoms with Gasteiger partial charge in [0.2, 0.25) is 0 Å². The Labute approximate surface area is 98.2 Å². The van der Waals surface area contributed by atoms with E-state index in [4.69, 9.17) is 11.6 Å². The van der Waals surface area contributed by atoms with Crippen molar-refractivity contribution < 1.29 is 0 Å². The lowest BCUT2D eigenvalue weighted by molar-refractivity contribution is 0.764. The molecule has 0 aliphatic heterocycles. The van der Waals surface area contributed by atoms with Crippen LogP contribution < -0.4 is 5.32 Å². The van der Waals surface area contributed by atoms with Gasteiger partial charge in [0.05, 0.1) is 4.47 Å². The first-order valence-electron chi connectivity index (χ1n) is 4.62. The number of alkyl halides is 1. The van der Waals surface area contributed by atoms with Crippen molar-refractivity contribution in [3.8, 4) is 0 Å². The predicted molar refractivity (Wildman–Crippen MR) is 65.1 cm³/mol. The smallest absolute Gasteiger partial charge is 0.140 e. The zero-order valence-electron chi connectivity index (χ0n) is 8.35. The Morgan fingerprint density at radius 1 is 1.64 bits per heavy atom. The maximum atomic E-state index is 5.80. The number of hydrogen-bond donors (Lipinski definition) is 1. The van der Waals surface area contributed by atoms with Gasteiger partial charge in [-0.15, -0.1) is 11.6 Å². The molecule has 0 spiro atoms. The number of rotatable bonds is 4. The van der Waals surface area contributed by atoms with Crippen LogP contribution in [-0.4, -0.2) is 16.9 Å². The summed E-state index contributed by atoms with van der Waals surface area (Å²) in [6.07, 6.45) is 2.79. The van der Waals surface area contributed by atoms with Crippen LogP contribution in [0.3, 0.4) is 0 Å². The van der Waals surface area contributed by atoms with Gasteiger partial charge in [0.25, 0.3) is 0 Å². The molecular weight excluding hydrogens is 263 g/mol. The molecule has 1 N–H and O–H groups in total. The lowest BCUT2D eigenvalue weighted by atomic mass is 10.2. The van der Waals surface area contributed by atoms with Crippen LogP contribution in [0.5, 0.6) is 0 Å². The van der Waals surface area contributed by atoms with Crippen molar-refractivity contribution >= 4 is 33.3 Å². The molecule has 0 bridgehead atoms. The number of halogens is 2. The summed E-state index contributed by atoms with van der Waals surface area (Å²) in [5.74, 6) is 1.47. The van der Waals surface area contributed by atoms with Gasteiger partial charge in [-0.25, -0.2) is 4.98 Å². The fourth-order valence-corrected chi connectivity index (χ4v) is 1.73. The first-order chi connectivity index (χ1) is 6.69. The molecule has 0 amide bonds. The highest BCUT2D eigenvalue weighted by atomic mass is 79.9. The van der Waals surface area contributed by atoms with Gasteiger partial charge in [0, 0.05) is 18.1 Å². The van der Waals surface area contributed by atoms with Crippen molar-refractivity contribution in [1.82, 2.24) is 4.98 Å². The molecule has 1 rings (SSSR count). The molecule has 0 saturated carbocycles. The summed E-state index contributed by atoms with van der Waals surface area (Å²) in [6.45, 7) is 4.14. The maximum Gasteiger partial charge on any atom is 0.140 e. The van der Waals surface area contributed by atoms with E-state index in [0.717, 1.165) is 16.7 Å². The largest absolute Gasteiger partial charge is 0.365 e. The van der Waals surface area contributed by atoms with Crippen molar-refractivity contribution in [2.45, 2.75) is 26.3 Å². The van der Waals surface area contributed by atoms with Crippen molar-refractivity contribution in [1.29, 1.82) is 0 Å². The highest BCUT2D eigenvalue weighted by Gasteiger charge is 2.08. The fourth-order valence-electron chi connectivity index (χ4n) is 1.08. The molecular formula is C10H14BrClN2. The second-order valence-electron chi connectivity index (χ2n) is 3.19. The molecule has 4 heteroatoms. The minimum absolute atomic E-state index is 0.280. The lowest BCUT2D eigenvalue weighted by Gasteiger charge is -2.16. The van der Waals surface area contributed by atoms with E-state index >= 15 is 0 Å². The molecule has 1 heterocycles. The molecule has 0 aliphatic carbocycles. The zero-order valence-corrected chi connectivity index (χ0v) is 10.7. The average Bonchev–Trinajstić information content (AvgIpc) is 2.20. The minimum atomic E-state index is 0.280. The number of pyridine rings is 1. The monoisotopic (exact) mass is 276 g/mol. The van der Waals surface area contributed by atoms with Crippen LogP contribution >= 0.6 is 27.5 Å². The van der Waals surface area contributed by atoms with E-state index in [0.29, 0.717) is 5.88 Å². The van der Waals surface area contributed by atoms with Crippen molar-refractivity contribution in [3.63, 3.8) is 0 Å². The van der Waals surface area contributed by atoms with E-state index in [1.54, 1.807) is 6.20 Å². The Morgan fingerprint density at radius 3 is 2.93 bits per heavy atom. The van der Waals surface area contributed by atoms with Gasteiger partial charge < -0.3 is 5.32 Å². The average molecular weight is 278 g/mol. The van der Waals surface area contributed by atoms with Crippen LogP contribution in [0.4, 0.5) is 5.82 Å². The molecule has 0 saturated heterocycles. The van der Waals surface area contributed by atoms with E-state index in [9.17, 15) is 0 Å². The molecule has 78 valence electrons. The predicted octanol–water partition coefficient (Wildman–Crippen LogP) is 3.58. The Balaban J connectivity index is 2.80. The summed E-state index contributed by atoms with van der Waals surface area (Å²) < 4.78 is 1.02. The van der Waals surface area contributed by atoms with Crippen LogP contribution in [0.25, 0.3) is 0 Å². The van der Waals surface area contributed by atoms with Crippen LogP contribution in [0.2, 0.25) is 0 Å². The third kappa shape index (κ3) is 2.85. The maximum absolute atomic E-state index is 5.80. The lowest BCUT2D eigenvalue weighted by Crippen LogP contribution is -2.21. The van der Waals surface area contributed by atoms with E-state index in [1.807, 2.05) is 13.0 Å². The molecule has 1 aromatic heterocycles. The van der Waals surface area contributed by atoms with Gasteiger partial charge in [-0.2, -0.15) is 0 Å². The van der Waals surface area contributed by atoms with E-state index in [-0.39, 0.29) is 6.04 Å². The molecule has 1 unspecified atom stereocenters. The Morgan fingerprint density at radius 2 is 2.36 bits per heavy atom. The molecule has 0 aliphatic rings. The van der Waals surface area contributed by atoms with Gasteiger partial charge >= 0.3 is 0 Å². The SMILES string of the molecule is CCC(CCl)Nc1nccc(C)c1Br. The van der Waals surface area contributed by atoms with Gasteiger partial charge in [0.1, 0.15) is 5.82 Å². The number of anilines is 1. The third-order valence-corrected chi connectivity index (χ3v) is 3.48. The van der Waals surface area contributed by atoms with Gasteiger partial charge in [-0.3, -0.25) is 0 Å². The van der Waals surface area contributed by atoms with Crippen LogP contribution in [0.15, 0.2) is 16.7 Å². The summed E-state index contributed by atoms with van der Waals surface area (Å²) in [5.41, 5.74) is 1.17. The summed E-state index contributed by atoms with van der Waals surface area (Å²) in [5, 5.41) is 3.30. The second kappa shape index (κ2) is 5.56. The van der Waals surface area contributed by atoms with Gasteiger partial charge in [0.15, 0.2) is 0 Å². The van der Waals surface area contributed by atoms with Crippen LogP contribution in [0, 0.1) is 6.92 Å². The second-order valence-corrected chi connectivity index (χ2v) is 4.30. The minimum Gasteiger partial charge on any atom is -0.365 e. The molecule has 1 aromatic rings. The standard InChI is InChI=1S/C10H14BrClN2/c1-3-8(6-12)14-10-9(11)7(2)4-5-13-10/h4-5,8H,3,6H2,1-2H3,(H,13,14). The highest BCUT2D eigenvalue weighted by Crippen LogP contribution is 2.24. The van der Waals surface area contributed by atoms with Crippen molar-refractivity contribution in [3.05, 3.63) is 22.3 Å². The number of nitrogens with zero attached hydrogens (tertiary/aromatic N) is 1. The summed E-state index contributed by atoms with van der Waals surface area (Å²) in [7, 11) is 0. The number of aromatic nitrogens is 1. The van der Waals surface area contributed by atoms with Crippen molar-refractivity contribution in [2.75, 3.05) is 11.2 Å². The molecule has 14 heavy (non-hydrogen) atoms. The van der Waals surface area contributed by atoms with E-state index in [1.165, 1.54) is 5.56 Å². The first-order valence-corrected chi connectivity index (χ1v) is 5.95. The fraction of sp³-hybridized carbons (Fsp3) is 0.500. The normalized spacial score (nSPS) is 12.6. The highest BCUT2D eigenvalue weighted by molar-refractivity contribution is 9.10. The topological polar surface area (TPSA) is 24.9 Å². The van der Waals surface area contributed by atoms with Crippen LogP contribution in [-0.2, 0) is 0 Å². The molecule has 0 fully saturated rings. The Hall–Kier alpha value is -0.280. The Kier molecular flexibility index (Phi) is 4.69. The Bertz CT molecular complexity index is 300. The molecule has 1 atom stereocenters. The van der Waals surface area contributed by atoms with Crippen LogP contribution in [0.1, 0.15) is 18.9 Å². The molecule has 0 aromatic carbocycles. The zero-order chi connectivity index (χ0) is 10.6. The summed E-state index contributed by atoms with van der Waals surface area (Å²) >= 11 is 9.30.